The molecule has 4 aromatic rings. The van der Waals surface area contributed by atoms with Crippen molar-refractivity contribution in [3.8, 4) is 0 Å². The number of pyridine rings is 1. The molecule has 0 aliphatic heterocycles. The molecular weight excluding hydrogens is 359 g/mol. The van der Waals surface area contributed by atoms with Gasteiger partial charge in [0.05, 0.1) is 0 Å². The van der Waals surface area contributed by atoms with Crippen molar-refractivity contribution in [1.29, 1.82) is 0 Å². The first-order valence-corrected chi connectivity index (χ1v) is 10.6. The molecule has 3 heteroatoms. The first-order valence-electron chi connectivity index (χ1n) is 9.30. The maximum Gasteiger partial charge on any atom is 0.126 e. The first-order chi connectivity index (χ1) is 13.7. The number of nitrogens with two attached hydrogens (primary N) is 1. The van der Waals surface area contributed by atoms with Crippen molar-refractivity contribution >= 4 is 29.7 Å². The van der Waals surface area contributed by atoms with Crippen LogP contribution in [-0.4, -0.2) is 4.98 Å². The Hall–Kier alpha value is -2.96. The van der Waals surface area contributed by atoms with Gasteiger partial charge in [-0.3, -0.25) is 0 Å². The van der Waals surface area contributed by atoms with Crippen LogP contribution in [0, 0.1) is 13.8 Å². The van der Waals surface area contributed by atoms with Gasteiger partial charge in [0.1, 0.15) is 5.82 Å². The molecule has 2 nitrogen and oxygen atoms in total. The highest BCUT2D eigenvalue weighted by atomic mass is 31.1. The molecule has 1 aromatic heterocycles. The van der Waals surface area contributed by atoms with Gasteiger partial charge in [-0.1, -0.05) is 91.0 Å². The van der Waals surface area contributed by atoms with E-state index in [1.54, 1.807) is 6.20 Å². The van der Waals surface area contributed by atoms with E-state index in [0.29, 0.717) is 5.82 Å². The van der Waals surface area contributed by atoms with E-state index in [1.165, 1.54) is 21.5 Å². The summed E-state index contributed by atoms with van der Waals surface area (Å²) in [4.78, 5) is 3.92. The number of aromatic nitrogens is 1. The Kier molecular flexibility index (Phi) is 6.94. The Morgan fingerprint density at radius 1 is 0.607 bits per heavy atom. The predicted molar refractivity (Wildman–Crippen MR) is 123 cm³/mol. The zero-order valence-electron chi connectivity index (χ0n) is 16.3. The lowest BCUT2D eigenvalue weighted by Gasteiger charge is -2.18. The molecular formula is C25H25N2P. The SMILES string of the molecule is Cc1ccnc(N)c1C.c1ccc(P(c2ccccc2)c2ccccc2)cc1. The quantitative estimate of drug-likeness (QED) is 0.519. The van der Waals surface area contributed by atoms with Crippen LogP contribution in [0.4, 0.5) is 5.82 Å². The van der Waals surface area contributed by atoms with Gasteiger partial charge < -0.3 is 5.73 Å². The van der Waals surface area contributed by atoms with E-state index < -0.39 is 7.92 Å². The summed E-state index contributed by atoms with van der Waals surface area (Å²) in [5, 5.41) is 4.19. The Morgan fingerprint density at radius 2 is 1.00 bits per heavy atom. The summed E-state index contributed by atoms with van der Waals surface area (Å²) in [5.41, 5.74) is 7.79. The van der Waals surface area contributed by atoms with Crippen LogP contribution in [0.3, 0.4) is 0 Å². The molecule has 0 aliphatic carbocycles. The lowest BCUT2D eigenvalue weighted by Crippen LogP contribution is -2.20. The van der Waals surface area contributed by atoms with Crippen molar-refractivity contribution in [2.24, 2.45) is 0 Å². The Balaban J connectivity index is 0.000000211. The topological polar surface area (TPSA) is 38.9 Å². The van der Waals surface area contributed by atoms with Crippen LogP contribution in [0.1, 0.15) is 11.1 Å². The van der Waals surface area contributed by atoms with Gasteiger partial charge in [0.15, 0.2) is 0 Å². The summed E-state index contributed by atoms with van der Waals surface area (Å²) >= 11 is 0. The predicted octanol–water partition coefficient (Wildman–Crippen LogP) is 4.73. The van der Waals surface area contributed by atoms with Gasteiger partial charge >= 0.3 is 0 Å². The third kappa shape index (κ3) is 5.06. The van der Waals surface area contributed by atoms with Gasteiger partial charge in [-0.2, -0.15) is 0 Å². The lowest BCUT2D eigenvalue weighted by atomic mass is 10.2. The second kappa shape index (κ2) is 9.82. The molecule has 3 aromatic carbocycles. The Labute approximate surface area is 168 Å². The molecule has 0 amide bonds. The Bertz CT molecular complexity index is 873. The van der Waals surface area contributed by atoms with Crippen molar-refractivity contribution in [1.82, 2.24) is 4.98 Å². The summed E-state index contributed by atoms with van der Waals surface area (Å²) in [6.07, 6.45) is 1.72. The molecule has 1 heterocycles. The fourth-order valence-electron chi connectivity index (χ4n) is 2.83. The van der Waals surface area contributed by atoms with Gasteiger partial charge in [-0.05, 0) is 54.9 Å². The van der Waals surface area contributed by atoms with E-state index in [-0.39, 0.29) is 0 Å². The molecule has 0 atom stereocenters. The molecule has 0 fully saturated rings. The monoisotopic (exact) mass is 384 g/mol. The van der Waals surface area contributed by atoms with Crippen LogP contribution in [0.15, 0.2) is 103 Å². The molecule has 0 bridgehead atoms. The summed E-state index contributed by atoms with van der Waals surface area (Å²) in [6.45, 7) is 3.99. The highest BCUT2D eigenvalue weighted by molar-refractivity contribution is 7.79. The van der Waals surface area contributed by atoms with E-state index in [9.17, 15) is 0 Å². The first kappa shape index (κ1) is 19.8. The van der Waals surface area contributed by atoms with Crippen molar-refractivity contribution in [2.45, 2.75) is 13.8 Å². The minimum Gasteiger partial charge on any atom is -0.383 e. The van der Waals surface area contributed by atoms with Crippen molar-refractivity contribution in [3.63, 3.8) is 0 Å². The fraction of sp³-hybridized carbons (Fsp3) is 0.0800. The second-order valence-corrected chi connectivity index (χ2v) is 8.70. The largest absolute Gasteiger partial charge is 0.383 e. The van der Waals surface area contributed by atoms with E-state index >= 15 is 0 Å². The zero-order valence-corrected chi connectivity index (χ0v) is 17.2. The van der Waals surface area contributed by atoms with Crippen LogP contribution >= 0.6 is 7.92 Å². The maximum absolute atomic E-state index is 5.51. The van der Waals surface area contributed by atoms with E-state index in [0.717, 1.165) is 5.56 Å². The summed E-state index contributed by atoms with van der Waals surface area (Å²) in [5.74, 6) is 0.634. The normalized spacial score (nSPS) is 10.2. The summed E-state index contributed by atoms with van der Waals surface area (Å²) < 4.78 is 0. The van der Waals surface area contributed by atoms with Crippen LogP contribution in [0.2, 0.25) is 0 Å². The smallest absolute Gasteiger partial charge is 0.126 e. The number of nitrogens with zero attached hydrogens (tertiary/aromatic N) is 1. The average molecular weight is 384 g/mol. The van der Waals surface area contributed by atoms with Crippen molar-refractivity contribution in [3.05, 3.63) is 114 Å². The molecule has 0 saturated carbocycles. The molecule has 0 unspecified atom stereocenters. The molecule has 4 rings (SSSR count). The minimum atomic E-state index is -0.446. The number of benzene rings is 3. The van der Waals surface area contributed by atoms with Gasteiger partial charge in [0.25, 0.3) is 0 Å². The molecule has 140 valence electrons. The lowest BCUT2D eigenvalue weighted by molar-refractivity contribution is 1.23. The molecule has 2 N–H and O–H groups in total. The number of rotatable bonds is 3. The van der Waals surface area contributed by atoms with Crippen molar-refractivity contribution < 1.29 is 0 Å². The highest BCUT2D eigenvalue weighted by Gasteiger charge is 2.14. The number of aryl methyl sites for hydroxylation is 1. The second-order valence-electron chi connectivity index (χ2n) is 6.48. The van der Waals surface area contributed by atoms with E-state index in [1.807, 2.05) is 19.9 Å². The van der Waals surface area contributed by atoms with Gasteiger partial charge in [0.2, 0.25) is 0 Å². The summed E-state index contributed by atoms with van der Waals surface area (Å²) in [6, 6.07) is 34.3. The number of nitrogen functional groups attached to an aromatic ring is 1. The molecule has 0 aliphatic rings. The molecule has 0 radical (unpaired) electrons. The van der Waals surface area contributed by atoms with Crippen LogP contribution in [0.25, 0.3) is 0 Å². The Morgan fingerprint density at radius 3 is 1.32 bits per heavy atom. The van der Waals surface area contributed by atoms with E-state index in [2.05, 4.69) is 96.0 Å². The van der Waals surface area contributed by atoms with Crippen LogP contribution in [-0.2, 0) is 0 Å². The average Bonchev–Trinajstić information content (AvgIpc) is 2.75. The zero-order chi connectivity index (χ0) is 19.8. The third-order valence-corrected chi connectivity index (χ3v) is 7.00. The van der Waals surface area contributed by atoms with Gasteiger partial charge in [-0.15, -0.1) is 0 Å². The fourth-order valence-corrected chi connectivity index (χ4v) is 5.14. The molecule has 0 spiro atoms. The standard InChI is InChI=1S/C18H15P.C7H10N2/c1-4-10-16(11-5-1)19(17-12-6-2-7-13-17)18-14-8-3-9-15-18;1-5-3-4-9-7(8)6(5)2/h1-15H;3-4H,1-2H3,(H2,8,9). The third-order valence-electron chi connectivity index (χ3n) is 4.56. The van der Waals surface area contributed by atoms with Crippen molar-refractivity contribution in [2.75, 3.05) is 5.73 Å². The van der Waals surface area contributed by atoms with Crippen LogP contribution < -0.4 is 21.6 Å². The highest BCUT2D eigenvalue weighted by Crippen LogP contribution is 2.32. The summed E-state index contributed by atoms with van der Waals surface area (Å²) in [7, 11) is -0.446. The number of anilines is 1. The van der Waals surface area contributed by atoms with Crippen LogP contribution in [0.5, 0.6) is 0 Å². The number of hydrogen-bond acceptors (Lipinski definition) is 2. The van der Waals surface area contributed by atoms with Gasteiger partial charge in [-0.25, -0.2) is 4.98 Å². The van der Waals surface area contributed by atoms with E-state index in [4.69, 9.17) is 5.73 Å². The molecule has 0 saturated heterocycles. The minimum absolute atomic E-state index is 0.446. The molecule has 28 heavy (non-hydrogen) atoms. The van der Waals surface area contributed by atoms with Gasteiger partial charge in [0, 0.05) is 6.20 Å². The maximum atomic E-state index is 5.51. The number of hydrogen-bond donors (Lipinski definition) is 1.